The minimum absolute atomic E-state index is 0.00883. The first-order valence-corrected chi connectivity index (χ1v) is 28.0. The number of hydrogen-bond acceptors (Lipinski definition) is 16. The van der Waals surface area contributed by atoms with E-state index in [1.54, 1.807) is 24.3 Å². The SMILES string of the molecule is C[C@@H](O)[C@@H]1NC(=O)[C@H](CCCN=C(N)N)NC(=O)[C@@H](Cc2ccc(C(N)=O)cc2)NC(=O)[C@H](Cc2ccc(O)cc2)NC(=O)[C@H](NC(=O)[C@@H](N)Cc2ccc(Cl)cc2)CSSC[C@@H](C(=O)N=C(Cc2ccc(O)cc2)C(N)=O)NC1=O. The monoisotopic (exact) mass is 1170 g/mol. The lowest BCUT2D eigenvalue weighted by Crippen LogP contribution is -2.61. The van der Waals surface area contributed by atoms with Crippen LogP contribution in [0.25, 0.3) is 0 Å². The van der Waals surface area contributed by atoms with Gasteiger partial charge in [-0.05, 0) is 97.0 Å². The third-order valence-electron chi connectivity index (χ3n) is 12.3. The summed E-state index contributed by atoms with van der Waals surface area (Å²) in [5, 5.41) is 46.9. The minimum atomic E-state index is -1.83. The number of hydrogen-bond donors (Lipinski definition) is 14. The summed E-state index contributed by atoms with van der Waals surface area (Å²) in [6, 6.07) is 12.7. The lowest BCUT2D eigenvalue weighted by molar-refractivity contribution is -0.136. The Kier molecular flexibility index (Phi) is 24.3. The first-order chi connectivity index (χ1) is 38.4. The van der Waals surface area contributed by atoms with E-state index in [2.05, 4.69) is 41.9 Å². The van der Waals surface area contributed by atoms with Crippen LogP contribution < -0.4 is 60.6 Å². The van der Waals surface area contributed by atoms with Crippen LogP contribution in [0.4, 0.5) is 0 Å². The van der Waals surface area contributed by atoms with E-state index < -0.39 is 107 Å². The van der Waals surface area contributed by atoms with Gasteiger partial charge in [0, 0.05) is 47.9 Å². The van der Waals surface area contributed by atoms with E-state index in [4.69, 9.17) is 40.3 Å². The van der Waals surface area contributed by atoms with Crippen molar-refractivity contribution in [3.05, 3.63) is 130 Å². The smallest absolute Gasteiger partial charge is 0.269 e. The topological polar surface area (TPSA) is 441 Å². The Hall–Kier alpha value is -8.24. The van der Waals surface area contributed by atoms with Gasteiger partial charge in [0.2, 0.25) is 41.4 Å². The molecule has 1 heterocycles. The largest absolute Gasteiger partial charge is 0.508 e. The molecule has 0 spiro atoms. The molecule has 25 nitrogen and oxygen atoms in total. The summed E-state index contributed by atoms with van der Waals surface area (Å²) in [4.78, 5) is 133. The molecule has 4 aromatic carbocycles. The molecule has 1 aliphatic heterocycles. The van der Waals surface area contributed by atoms with E-state index in [0.29, 0.717) is 27.3 Å². The Balaban J connectivity index is 1.61. The number of aliphatic imine (C=N–C) groups is 2. The minimum Gasteiger partial charge on any atom is -0.508 e. The van der Waals surface area contributed by atoms with Crippen LogP contribution in [0.5, 0.6) is 11.5 Å². The molecule has 1 saturated heterocycles. The number of nitrogens with two attached hydrogens (primary N) is 5. The van der Waals surface area contributed by atoms with Crippen molar-refractivity contribution in [2.45, 2.75) is 93.8 Å². The van der Waals surface area contributed by atoms with Gasteiger partial charge in [0.05, 0.1) is 12.1 Å². The standard InChI is InChI=1S/C53H64ClN13O12S2/c1-27(68)43-52(79)66-42(50(77)62-38(45(57)72)22-30-8-16-34(69)17-9-30)26-81-80-25-41(65-46(73)36(55)21-28-6-14-33(54)15-7-28)51(78)64-40(24-31-10-18-35(70)19-11-31)49(76)63-39(23-29-4-12-32(13-5-29)44(56)71)48(75)61-37(47(74)67-43)3-2-20-60-53(58)59/h4-19,27,36-37,39-43,68-70H,2-3,20-26,55H2,1H3,(H2,56,71)(H2,57,72)(H,61,75)(H,63,76)(H,64,78)(H,65,73)(H,66,79)(H,67,74)(H4,58,59,60)/t27-,36+,37+,39-,40+,41-,42+,43+/m1/s1. The number of carbonyl (C=O) groups excluding carboxylic acids is 9. The average Bonchev–Trinajstić information content (AvgIpc) is 3.47. The second kappa shape index (κ2) is 30.9. The number of phenols is 2. The second-order valence-electron chi connectivity index (χ2n) is 18.7. The van der Waals surface area contributed by atoms with Gasteiger partial charge in [-0.25, -0.2) is 4.99 Å². The predicted molar refractivity (Wildman–Crippen MR) is 305 cm³/mol. The van der Waals surface area contributed by atoms with E-state index in [1.165, 1.54) is 79.7 Å². The van der Waals surface area contributed by atoms with E-state index in [1.807, 2.05) is 0 Å². The number of rotatable bonds is 18. The number of phenolic OH excluding ortho intramolecular Hbond substituents is 2. The Morgan fingerprint density at radius 1 is 0.667 bits per heavy atom. The molecular formula is C53H64ClN13O12S2. The third-order valence-corrected chi connectivity index (χ3v) is 15.0. The van der Waals surface area contributed by atoms with Crippen molar-refractivity contribution in [3.63, 3.8) is 0 Å². The molecule has 81 heavy (non-hydrogen) atoms. The molecule has 0 bridgehead atoms. The lowest BCUT2D eigenvalue weighted by atomic mass is 10.0. The van der Waals surface area contributed by atoms with Gasteiger partial charge in [-0.1, -0.05) is 81.7 Å². The summed E-state index contributed by atoms with van der Waals surface area (Å²) in [5.41, 5.74) is 30.1. The maximum Gasteiger partial charge on any atom is 0.269 e. The number of aliphatic hydroxyl groups is 1. The molecule has 4 aromatic rings. The quantitative estimate of drug-likeness (QED) is 0.0237. The molecule has 0 aromatic heterocycles. The zero-order valence-electron chi connectivity index (χ0n) is 43.7. The number of primary amides is 2. The molecule has 19 N–H and O–H groups in total. The van der Waals surface area contributed by atoms with Gasteiger partial charge in [0.15, 0.2) is 5.96 Å². The van der Waals surface area contributed by atoms with Crippen molar-refractivity contribution in [2.24, 2.45) is 38.7 Å². The van der Waals surface area contributed by atoms with E-state index >= 15 is 0 Å². The number of aliphatic hydroxyl groups excluding tert-OH is 1. The van der Waals surface area contributed by atoms with Crippen molar-refractivity contribution < 1.29 is 58.5 Å². The third kappa shape index (κ3) is 20.7. The Labute approximate surface area is 478 Å². The van der Waals surface area contributed by atoms with Crippen molar-refractivity contribution in [2.75, 3.05) is 18.1 Å². The summed E-state index contributed by atoms with van der Waals surface area (Å²) >= 11 is 6.07. The summed E-state index contributed by atoms with van der Waals surface area (Å²) in [6.07, 6.45) is -2.64. The van der Waals surface area contributed by atoms with E-state index in [9.17, 15) is 58.5 Å². The number of amides is 9. The molecule has 0 radical (unpaired) electrons. The van der Waals surface area contributed by atoms with Crippen LogP contribution in [0.15, 0.2) is 107 Å². The van der Waals surface area contributed by atoms with Gasteiger partial charge < -0.3 is 75.9 Å². The lowest BCUT2D eigenvalue weighted by Gasteiger charge is -2.29. The molecule has 28 heteroatoms. The summed E-state index contributed by atoms with van der Waals surface area (Å²) in [7, 11) is 1.82. The van der Waals surface area contributed by atoms with Crippen LogP contribution in [0.3, 0.4) is 0 Å². The van der Waals surface area contributed by atoms with Crippen molar-refractivity contribution in [1.29, 1.82) is 0 Å². The van der Waals surface area contributed by atoms with Crippen LogP contribution in [-0.4, -0.2) is 147 Å². The summed E-state index contributed by atoms with van der Waals surface area (Å²) < 4.78 is 0. The van der Waals surface area contributed by atoms with Gasteiger partial charge in [-0.3, -0.25) is 48.1 Å². The van der Waals surface area contributed by atoms with Crippen molar-refractivity contribution in [3.8, 4) is 11.5 Å². The number of carbonyl (C=O) groups is 9. The zero-order valence-corrected chi connectivity index (χ0v) is 46.1. The van der Waals surface area contributed by atoms with Crippen LogP contribution in [-0.2, 0) is 64.0 Å². The first kappa shape index (κ1) is 63.6. The fourth-order valence-corrected chi connectivity index (χ4v) is 10.3. The molecule has 5 rings (SSSR count). The highest BCUT2D eigenvalue weighted by molar-refractivity contribution is 8.76. The van der Waals surface area contributed by atoms with Crippen LogP contribution >= 0.6 is 33.2 Å². The number of aromatic hydroxyl groups is 2. The number of benzene rings is 4. The molecule has 0 aliphatic carbocycles. The van der Waals surface area contributed by atoms with Gasteiger partial charge in [0.25, 0.3) is 11.8 Å². The number of guanidine groups is 1. The molecule has 9 amide bonds. The second-order valence-corrected chi connectivity index (χ2v) is 21.7. The van der Waals surface area contributed by atoms with E-state index in [0.717, 1.165) is 21.6 Å². The highest BCUT2D eigenvalue weighted by atomic mass is 35.5. The first-order valence-electron chi connectivity index (χ1n) is 25.1. The van der Waals surface area contributed by atoms with Crippen molar-refractivity contribution in [1.82, 2.24) is 31.9 Å². The predicted octanol–water partition coefficient (Wildman–Crippen LogP) is -1.36. The van der Waals surface area contributed by atoms with Gasteiger partial charge in [-0.15, -0.1) is 0 Å². The number of nitrogens with zero attached hydrogens (tertiary/aromatic N) is 2. The Morgan fingerprint density at radius 2 is 1.17 bits per heavy atom. The maximum atomic E-state index is 14.8. The summed E-state index contributed by atoms with van der Waals surface area (Å²) in [5.74, 6) is -9.84. The van der Waals surface area contributed by atoms with Crippen LogP contribution in [0.2, 0.25) is 5.02 Å². The maximum absolute atomic E-state index is 14.8. The summed E-state index contributed by atoms with van der Waals surface area (Å²) in [6.45, 7) is 1.13. The average molecular weight is 1170 g/mol. The van der Waals surface area contributed by atoms with Crippen LogP contribution in [0, 0.1) is 0 Å². The molecule has 8 atom stereocenters. The highest BCUT2D eigenvalue weighted by Gasteiger charge is 2.36. The normalized spacial score (nSPS) is 20.6. The fraction of sp³-hybridized carbons (Fsp3) is 0.340. The van der Waals surface area contributed by atoms with Gasteiger partial charge >= 0.3 is 0 Å². The van der Waals surface area contributed by atoms with E-state index in [-0.39, 0.29) is 79.6 Å². The number of halogens is 1. The molecule has 432 valence electrons. The molecule has 1 fully saturated rings. The molecular weight excluding hydrogens is 1110 g/mol. The van der Waals surface area contributed by atoms with Gasteiger partial charge in [0.1, 0.15) is 53.5 Å². The van der Waals surface area contributed by atoms with Crippen molar-refractivity contribution >= 4 is 98.0 Å². The zero-order chi connectivity index (χ0) is 59.3. The Bertz CT molecular complexity index is 2950. The Morgan fingerprint density at radius 3 is 1.72 bits per heavy atom. The number of nitrogens with one attached hydrogen (secondary N) is 6. The fourth-order valence-electron chi connectivity index (χ4n) is 7.87. The molecule has 0 unspecified atom stereocenters. The highest BCUT2D eigenvalue weighted by Crippen LogP contribution is 2.25. The van der Waals surface area contributed by atoms with Crippen LogP contribution in [0.1, 0.15) is 52.4 Å². The molecule has 1 aliphatic rings. The van der Waals surface area contributed by atoms with Gasteiger partial charge in [-0.2, -0.15) is 0 Å². The molecule has 0 saturated carbocycles.